The monoisotopic (exact) mass is 725 g/mol. The summed E-state index contributed by atoms with van der Waals surface area (Å²) < 4.78 is 7.49. The molecule has 0 atom stereocenters. The molecule has 0 fully saturated rings. The smallest absolute Gasteiger partial charge is 0.0795 e. The molecule has 0 N–H and O–H groups in total. The Bertz CT molecular complexity index is 3620. The zero-order valence-corrected chi connectivity index (χ0v) is 31.2. The minimum atomic E-state index is 0.952. The van der Waals surface area contributed by atoms with Crippen LogP contribution in [0.15, 0.2) is 188 Å². The molecule has 57 heavy (non-hydrogen) atoms. The van der Waals surface area contributed by atoms with Gasteiger partial charge in [-0.2, -0.15) is 0 Å². The number of para-hydroxylation sites is 5. The SMILES string of the molecule is c1ccc(-n2c3ccccc3c3cc(-n4c5ccccc5c5c6cc7c(cc6c6c8ccccc8n(-c8ccccc8)c6c54)Cc4ccccc4C7)ccc32)cc1. The van der Waals surface area contributed by atoms with Gasteiger partial charge in [-0.3, -0.25) is 0 Å². The summed E-state index contributed by atoms with van der Waals surface area (Å²) in [6.07, 6.45) is 1.91. The Hall–Kier alpha value is -7.36. The number of fused-ring (bicyclic) bond motifs is 15. The number of benzene rings is 9. The van der Waals surface area contributed by atoms with Gasteiger partial charge in [-0.1, -0.05) is 115 Å². The van der Waals surface area contributed by atoms with Crippen LogP contribution in [0.4, 0.5) is 0 Å². The molecule has 1 aliphatic rings. The maximum atomic E-state index is 2.56. The van der Waals surface area contributed by atoms with Crippen molar-refractivity contribution in [3.63, 3.8) is 0 Å². The zero-order valence-electron chi connectivity index (χ0n) is 31.2. The molecule has 3 heteroatoms. The standard InChI is InChI=1S/C54H35N3/c1-3-17-38(18-4-1)55-47-24-12-9-21-41(47)44-33-40(27-28-50(44)55)57-49-26-14-11-23-43(49)52-46-32-37-30-35-16-8-7-15-34(35)29-36(37)31-45(46)51-42-22-10-13-25-48(42)56(53(51)54(52)57)39-19-5-2-6-20-39/h1-28,31-33H,29-30H2. The third-order valence-electron chi connectivity index (χ3n) is 12.7. The largest absolute Gasteiger partial charge is 0.309 e. The highest BCUT2D eigenvalue weighted by atomic mass is 15.0. The van der Waals surface area contributed by atoms with Gasteiger partial charge in [0.2, 0.25) is 0 Å². The molecule has 0 bridgehead atoms. The van der Waals surface area contributed by atoms with Gasteiger partial charge >= 0.3 is 0 Å². The molecule has 13 rings (SSSR count). The van der Waals surface area contributed by atoms with Crippen molar-refractivity contribution in [1.82, 2.24) is 13.7 Å². The lowest BCUT2D eigenvalue weighted by molar-refractivity contribution is 1.01. The quantitative estimate of drug-likeness (QED) is 0.172. The number of hydrogen-bond acceptors (Lipinski definition) is 0. The highest BCUT2D eigenvalue weighted by Crippen LogP contribution is 2.48. The zero-order chi connectivity index (χ0) is 37.2. The van der Waals surface area contributed by atoms with Crippen LogP contribution in [0.3, 0.4) is 0 Å². The second-order valence-electron chi connectivity index (χ2n) is 15.7. The summed E-state index contributed by atoms with van der Waals surface area (Å²) in [5, 5.41) is 10.3. The van der Waals surface area contributed by atoms with Crippen molar-refractivity contribution in [2.45, 2.75) is 12.8 Å². The topological polar surface area (TPSA) is 14.8 Å². The van der Waals surface area contributed by atoms with E-state index in [1.165, 1.54) is 104 Å². The van der Waals surface area contributed by atoms with Gasteiger partial charge in [0, 0.05) is 49.4 Å². The second kappa shape index (κ2) is 11.6. The maximum absolute atomic E-state index is 2.56. The number of nitrogens with zero attached hydrogens (tertiary/aromatic N) is 3. The van der Waals surface area contributed by atoms with Crippen LogP contribution in [0.2, 0.25) is 0 Å². The van der Waals surface area contributed by atoms with Crippen LogP contribution in [0.5, 0.6) is 0 Å². The van der Waals surface area contributed by atoms with Gasteiger partial charge in [-0.05, 0) is 119 Å². The van der Waals surface area contributed by atoms with Gasteiger partial charge in [-0.15, -0.1) is 0 Å². The molecule has 3 aromatic heterocycles. The number of aromatic nitrogens is 3. The predicted molar refractivity (Wildman–Crippen MR) is 239 cm³/mol. The van der Waals surface area contributed by atoms with E-state index in [0.717, 1.165) is 24.2 Å². The molecule has 0 amide bonds. The first-order valence-corrected chi connectivity index (χ1v) is 20.0. The lowest BCUT2D eigenvalue weighted by Gasteiger charge is -2.21. The molecule has 0 saturated heterocycles. The van der Waals surface area contributed by atoms with E-state index in [-0.39, 0.29) is 0 Å². The summed E-state index contributed by atoms with van der Waals surface area (Å²) >= 11 is 0. The van der Waals surface area contributed by atoms with Gasteiger partial charge in [0.25, 0.3) is 0 Å². The summed E-state index contributed by atoms with van der Waals surface area (Å²) in [6, 6.07) is 69.8. The van der Waals surface area contributed by atoms with E-state index in [2.05, 4.69) is 202 Å². The fourth-order valence-electron chi connectivity index (χ4n) is 10.3. The third-order valence-corrected chi connectivity index (χ3v) is 12.7. The van der Waals surface area contributed by atoms with Crippen LogP contribution in [-0.4, -0.2) is 13.7 Å². The molecule has 0 unspecified atom stereocenters. The molecule has 3 heterocycles. The van der Waals surface area contributed by atoms with E-state index < -0.39 is 0 Å². The van der Waals surface area contributed by atoms with Gasteiger partial charge in [0.05, 0.1) is 33.1 Å². The second-order valence-corrected chi connectivity index (χ2v) is 15.7. The van der Waals surface area contributed by atoms with E-state index in [9.17, 15) is 0 Å². The predicted octanol–water partition coefficient (Wildman–Crippen LogP) is 13.6. The maximum Gasteiger partial charge on any atom is 0.0795 e. The summed E-state index contributed by atoms with van der Waals surface area (Å²) in [6.45, 7) is 0. The van der Waals surface area contributed by atoms with Crippen LogP contribution in [0.25, 0.3) is 93.3 Å². The summed E-state index contributed by atoms with van der Waals surface area (Å²) in [7, 11) is 0. The number of hydrogen-bond donors (Lipinski definition) is 0. The van der Waals surface area contributed by atoms with Gasteiger partial charge < -0.3 is 13.7 Å². The lowest BCUT2D eigenvalue weighted by Crippen LogP contribution is -2.07. The number of rotatable bonds is 3. The molecule has 0 saturated carbocycles. The Morgan fingerprint density at radius 3 is 1.25 bits per heavy atom. The van der Waals surface area contributed by atoms with E-state index in [1.807, 2.05) is 0 Å². The van der Waals surface area contributed by atoms with Crippen molar-refractivity contribution >= 4 is 76.2 Å². The van der Waals surface area contributed by atoms with Gasteiger partial charge in [-0.25, -0.2) is 0 Å². The van der Waals surface area contributed by atoms with Crippen LogP contribution in [0.1, 0.15) is 22.3 Å². The summed E-state index contributed by atoms with van der Waals surface area (Å²) in [5.74, 6) is 0. The molecular weight excluding hydrogens is 691 g/mol. The molecule has 0 aliphatic heterocycles. The highest BCUT2D eigenvalue weighted by molar-refractivity contribution is 6.36. The minimum absolute atomic E-state index is 0.952. The fraction of sp³-hybridized carbons (Fsp3) is 0.0370. The van der Waals surface area contributed by atoms with Gasteiger partial charge in [0.1, 0.15) is 0 Å². The highest BCUT2D eigenvalue weighted by Gasteiger charge is 2.27. The molecule has 0 radical (unpaired) electrons. The van der Waals surface area contributed by atoms with Crippen molar-refractivity contribution < 1.29 is 0 Å². The van der Waals surface area contributed by atoms with E-state index in [1.54, 1.807) is 0 Å². The van der Waals surface area contributed by atoms with E-state index >= 15 is 0 Å². The minimum Gasteiger partial charge on any atom is -0.309 e. The molecule has 12 aromatic rings. The first-order chi connectivity index (χ1) is 28.3. The summed E-state index contributed by atoms with van der Waals surface area (Å²) in [5.41, 5.74) is 16.5. The Morgan fingerprint density at radius 2 is 0.684 bits per heavy atom. The van der Waals surface area contributed by atoms with Crippen LogP contribution >= 0.6 is 0 Å². The van der Waals surface area contributed by atoms with Crippen molar-refractivity contribution in [2.75, 3.05) is 0 Å². The van der Waals surface area contributed by atoms with Crippen LogP contribution < -0.4 is 0 Å². The van der Waals surface area contributed by atoms with Crippen molar-refractivity contribution in [3.05, 3.63) is 210 Å². The van der Waals surface area contributed by atoms with Crippen molar-refractivity contribution in [1.29, 1.82) is 0 Å². The van der Waals surface area contributed by atoms with Crippen molar-refractivity contribution in [3.8, 4) is 17.1 Å². The Morgan fingerprint density at radius 1 is 0.263 bits per heavy atom. The molecule has 0 spiro atoms. The van der Waals surface area contributed by atoms with E-state index in [4.69, 9.17) is 0 Å². The summed E-state index contributed by atoms with van der Waals surface area (Å²) in [4.78, 5) is 0. The molecule has 1 aliphatic carbocycles. The Balaban J connectivity index is 1.23. The lowest BCUT2D eigenvalue weighted by atomic mass is 9.83. The van der Waals surface area contributed by atoms with E-state index in [0.29, 0.717) is 0 Å². The van der Waals surface area contributed by atoms with Gasteiger partial charge in [0.15, 0.2) is 0 Å². The molecular formula is C54H35N3. The Labute approximate surface area is 328 Å². The first kappa shape index (κ1) is 30.9. The molecule has 9 aromatic carbocycles. The van der Waals surface area contributed by atoms with Crippen LogP contribution in [-0.2, 0) is 12.8 Å². The fourth-order valence-corrected chi connectivity index (χ4v) is 10.3. The molecule has 266 valence electrons. The molecule has 3 nitrogen and oxygen atoms in total. The Kier molecular flexibility index (Phi) is 6.28. The third kappa shape index (κ3) is 4.26. The average Bonchev–Trinajstić information content (AvgIpc) is 3.92. The first-order valence-electron chi connectivity index (χ1n) is 20.0. The normalized spacial score (nSPS) is 12.8. The average molecular weight is 726 g/mol. The van der Waals surface area contributed by atoms with Crippen LogP contribution in [0, 0.1) is 0 Å². The van der Waals surface area contributed by atoms with Crippen molar-refractivity contribution in [2.24, 2.45) is 0 Å².